The van der Waals surface area contributed by atoms with Crippen LogP contribution in [0.4, 0.5) is 5.69 Å². The number of primary sulfonamides is 1. The van der Waals surface area contributed by atoms with Crippen molar-refractivity contribution in [2.45, 2.75) is 37.5 Å². The lowest BCUT2D eigenvalue weighted by Crippen LogP contribution is -2.45. The van der Waals surface area contributed by atoms with Crippen molar-refractivity contribution in [3.63, 3.8) is 0 Å². The van der Waals surface area contributed by atoms with Crippen LogP contribution in [0.3, 0.4) is 0 Å². The maximum absolute atomic E-state index is 12.3. The summed E-state index contributed by atoms with van der Waals surface area (Å²) >= 11 is 0. The number of hydrogen-bond donors (Lipinski definition) is 3. The number of hydrogen-bond acceptors (Lipinski definition) is 7. The van der Waals surface area contributed by atoms with E-state index in [4.69, 9.17) is 5.14 Å². The van der Waals surface area contributed by atoms with Crippen LogP contribution in [0, 0.1) is 12.3 Å². The number of rotatable bonds is 3. The summed E-state index contributed by atoms with van der Waals surface area (Å²) in [6.07, 6.45) is 4.61. The highest BCUT2D eigenvalue weighted by molar-refractivity contribution is 7.89. The number of anilines is 1. The van der Waals surface area contributed by atoms with E-state index in [-0.39, 0.29) is 4.90 Å². The molecule has 2 aromatic rings. The number of aromatic amines is 1. The van der Waals surface area contributed by atoms with Gasteiger partial charge in [0.1, 0.15) is 0 Å². The number of aryl methyl sites for hydroxylation is 1. The maximum Gasteiger partial charge on any atom is 0.239 e. The molecule has 1 spiro atoms. The predicted octanol–water partition coefficient (Wildman–Crippen LogP) is 0.793. The number of sulfonamides is 1. The fraction of sp³-hybridized carbons (Fsp3) is 0.588. The molecule has 3 heterocycles. The summed E-state index contributed by atoms with van der Waals surface area (Å²) in [5.41, 5.74) is 2.26. The Morgan fingerprint density at radius 1 is 1.15 bits per heavy atom. The summed E-state index contributed by atoms with van der Waals surface area (Å²) in [6.45, 7) is 5.64. The first kappa shape index (κ1) is 18.3. The molecule has 146 valence electrons. The Morgan fingerprint density at radius 3 is 2.44 bits per heavy atom. The van der Waals surface area contributed by atoms with Gasteiger partial charge in [-0.05, 0) is 73.2 Å². The van der Waals surface area contributed by atoms with Crippen molar-refractivity contribution in [1.82, 2.24) is 25.9 Å². The van der Waals surface area contributed by atoms with Gasteiger partial charge in [0.05, 0.1) is 10.5 Å². The summed E-state index contributed by atoms with van der Waals surface area (Å²) in [5.74, 6) is 0.319. The van der Waals surface area contributed by atoms with Gasteiger partial charge in [0.15, 0.2) is 5.82 Å². The Labute approximate surface area is 158 Å². The standard InChI is InChI=1S/C17H25N7O2S/c1-12-2-3-13(14(15(12)27(18,25)26)16-20-22-23-21-16)24-10-6-17(7-11-24)4-8-19-9-5-17/h2-3,19H,4-11H2,1H3,(H2,18,25,26)(H,20,21,22,23). The predicted molar refractivity (Wildman–Crippen MR) is 102 cm³/mol. The second-order valence-electron chi connectivity index (χ2n) is 7.64. The zero-order valence-electron chi connectivity index (χ0n) is 15.4. The second kappa shape index (κ2) is 6.84. The first-order valence-corrected chi connectivity index (χ1v) is 10.8. The highest BCUT2D eigenvalue weighted by atomic mass is 32.2. The molecule has 1 aromatic heterocycles. The minimum Gasteiger partial charge on any atom is -0.371 e. The molecule has 9 nitrogen and oxygen atoms in total. The molecule has 4 rings (SSSR count). The quantitative estimate of drug-likeness (QED) is 0.705. The van der Waals surface area contributed by atoms with E-state index < -0.39 is 10.0 Å². The van der Waals surface area contributed by atoms with Crippen molar-refractivity contribution in [1.29, 1.82) is 0 Å². The Hall–Kier alpha value is -2.04. The summed E-state index contributed by atoms with van der Waals surface area (Å²) in [5, 5.41) is 22.9. The number of aromatic nitrogens is 4. The highest BCUT2D eigenvalue weighted by Crippen LogP contribution is 2.43. The van der Waals surface area contributed by atoms with Crippen molar-refractivity contribution >= 4 is 15.7 Å². The lowest BCUT2D eigenvalue weighted by atomic mass is 9.71. The van der Waals surface area contributed by atoms with E-state index in [0.717, 1.165) is 44.7 Å². The average molecular weight is 392 g/mol. The van der Waals surface area contributed by atoms with Crippen molar-refractivity contribution in [2.24, 2.45) is 10.6 Å². The molecule has 0 saturated carbocycles. The lowest BCUT2D eigenvalue weighted by Gasteiger charge is -2.45. The maximum atomic E-state index is 12.3. The number of nitrogens with one attached hydrogen (secondary N) is 2. The van der Waals surface area contributed by atoms with E-state index in [1.807, 2.05) is 6.07 Å². The Bertz CT molecular complexity index is 911. The molecular weight excluding hydrogens is 366 g/mol. The van der Waals surface area contributed by atoms with Crippen LogP contribution in [-0.4, -0.2) is 55.2 Å². The third kappa shape index (κ3) is 3.44. The van der Waals surface area contributed by atoms with Crippen LogP contribution in [-0.2, 0) is 10.0 Å². The number of benzene rings is 1. The molecule has 0 radical (unpaired) electrons. The molecular formula is C17H25N7O2S. The molecule has 4 N–H and O–H groups in total. The van der Waals surface area contributed by atoms with Gasteiger partial charge in [0.2, 0.25) is 10.0 Å². The van der Waals surface area contributed by atoms with Gasteiger partial charge in [-0.2, -0.15) is 0 Å². The monoisotopic (exact) mass is 391 g/mol. The zero-order chi connectivity index (χ0) is 19.1. The van der Waals surface area contributed by atoms with Gasteiger partial charge in [0, 0.05) is 18.8 Å². The highest BCUT2D eigenvalue weighted by Gasteiger charge is 2.37. The van der Waals surface area contributed by atoms with E-state index >= 15 is 0 Å². The molecule has 10 heteroatoms. The number of nitrogens with zero attached hydrogens (tertiary/aromatic N) is 4. The zero-order valence-corrected chi connectivity index (χ0v) is 16.2. The van der Waals surface area contributed by atoms with Gasteiger partial charge in [-0.15, -0.1) is 5.10 Å². The molecule has 2 aliphatic rings. The van der Waals surface area contributed by atoms with Crippen LogP contribution in [0.2, 0.25) is 0 Å². The number of tetrazole rings is 1. The van der Waals surface area contributed by atoms with Crippen molar-refractivity contribution in [3.05, 3.63) is 17.7 Å². The molecule has 2 aliphatic heterocycles. The number of nitrogens with two attached hydrogens (primary N) is 1. The third-order valence-corrected chi connectivity index (χ3v) is 7.12. The average Bonchev–Trinajstić information content (AvgIpc) is 3.16. The molecule has 0 amide bonds. The fourth-order valence-electron chi connectivity index (χ4n) is 4.48. The Morgan fingerprint density at radius 2 is 1.85 bits per heavy atom. The Kier molecular flexibility index (Phi) is 4.65. The minimum absolute atomic E-state index is 0.0840. The van der Waals surface area contributed by atoms with E-state index in [0.29, 0.717) is 22.4 Å². The Balaban J connectivity index is 1.73. The van der Waals surface area contributed by atoms with Crippen molar-refractivity contribution in [3.8, 4) is 11.4 Å². The van der Waals surface area contributed by atoms with Crippen molar-refractivity contribution < 1.29 is 8.42 Å². The van der Waals surface area contributed by atoms with E-state index in [1.165, 1.54) is 12.8 Å². The minimum atomic E-state index is -3.93. The SMILES string of the molecule is Cc1ccc(N2CCC3(CCNCC3)CC2)c(-c2nnn[nH]2)c1S(N)(=O)=O. The largest absolute Gasteiger partial charge is 0.371 e. The molecule has 1 aromatic carbocycles. The van der Waals surface area contributed by atoms with E-state index in [2.05, 4.69) is 30.8 Å². The van der Waals surface area contributed by atoms with Gasteiger partial charge < -0.3 is 10.2 Å². The van der Waals surface area contributed by atoms with E-state index in [1.54, 1.807) is 13.0 Å². The van der Waals surface area contributed by atoms with Crippen molar-refractivity contribution in [2.75, 3.05) is 31.1 Å². The smallest absolute Gasteiger partial charge is 0.239 e. The summed E-state index contributed by atoms with van der Waals surface area (Å²) in [4.78, 5) is 2.32. The molecule has 0 bridgehead atoms. The van der Waals surface area contributed by atoms with Crippen LogP contribution in [0.5, 0.6) is 0 Å². The van der Waals surface area contributed by atoms with Crippen LogP contribution in [0.25, 0.3) is 11.4 Å². The molecule has 2 fully saturated rings. The van der Waals surface area contributed by atoms with Crippen LogP contribution >= 0.6 is 0 Å². The normalized spacial score (nSPS) is 20.1. The van der Waals surface area contributed by atoms with E-state index in [9.17, 15) is 8.42 Å². The summed E-state index contributed by atoms with van der Waals surface area (Å²) < 4.78 is 24.6. The number of H-pyrrole nitrogens is 1. The molecule has 0 unspecified atom stereocenters. The van der Waals surface area contributed by atoms with Gasteiger partial charge >= 0.3 is 0 Å². The fourth-order valence-corrected chi connectivity index (χ4v) is 5.48. The first-order valence-electron chi connectivity index (χ1n) is 9.26. The number of piperidine rings is 2. The summed E-state index contributed by atoms with van der Waals surface area (Å²) in [7, 11) is -3.93. The van der Waals surface area contributed by atoms with Gasteiger partial charge in [0.25, 0.3) is 0 Å². The van der Waals surface area contributed by atoms with Crippen LogP contribution in [0.1, 0.15) is 31.2 Å². The molecule has 27 heavy (non-hydrogen) atoms. The van der Waals surface area contributed by atoms with Crippen LogP contribution < -0.4 is 15.4 Å². The molecule has 0 atom stereocenters. The third-order valence-electron chi connectivity index (χ3n) is 6.03. The first-order chi connectivity index (χ1) is 12.9. The van der Waals surface area contributed by atoms with Gasteiger partial charge in [-0.3, -0.25) is 0 Å². The molecule has 0 aliphatic carbocycles. The lowest BCUT2D eigenvalue weighted by molar-refractivity contribution is 0.155. The van der Waals surface area contributed by atoms with Crippen LogP contribution in [0.15, 0.2) is 17.0 Å². The van der Waals surface area contributed by atoms with Gasteiger partial charge in [-0.1, -0.05) is 6.07 Å². The van der Waals surface area contributed by atoms with Gasteiger partial charge in [-0.25, -0.2) is 18.7 Å². The molecule has 2 saturated heterocycles. The summed E-state index contributed by atoms with van der Waals surface area (Å²) in [6, 6.07) is 3.75. The second-order valence-corrected chi connectivity index (χ2v) is 9.14. The topological polar surface area (TPSA) is 130 Å².